The Labute approximate surface area is 167 Å². The zero-order valence-corrected chi connectivity index (χ0v) is 17.4. The second-order valence-electron chi connectivity index (χ2n) is 6.22. The SMILES string of the molecule is CCc1ccc(S(=O)(=O)N2CCN(c3ccc(-c4cccs4)nn3)CC2)s1. The number of anilines is 1. The van der Waals surface area contributed by atoms with Crippen molar-refractivity contribution >= 4 is 38.5 Å². The summed E-state index contributed by atoms with van der Waals surface area (Å²) in [6.45, 7) is 4.16. The maximum Gasteiger partial charge on any atom is 0.252 e. The minimum Gasteiger partial charge on any atom is -0.352 e. The van der Waals surface area contributed by atoms with Crippen molar-refractivity contribution in [2.24, 2.45) is 0 Å². The Morgan fingerprint density at radius 1 is 1.04 bits per heavy atom. The quantitative estimate of drug-likeness (QED) is 0.633. The maximum atomic E-state index is 12.8. The first-order chi connectivity index (χ1) is 13.1. The van der Waals surface area contributed by atoms with E-state index in [0.29, 0.717) is 30.4 Å². The summed E-state index contributed by atoms with van der Waals surface area (Å²) in [4.78, 5) is 4.27. The number of rotatable bonds is 5. The Bertz CT molecular complexity index is 990. The average molecular weight is 421 g/mol. The van der Waals surface area contributed by atoms with Crippen molar-refractivity contribution in [3.63, 3.8) is 0 Å². The van der Waals surface area contributed by atoms with Crippen LogP contribution in [0.1, 0.15) is 11.8 Å². The predicted molar refractivity (Wildman–Crippen MR) is 110 cm³/mol. The van der Waals surface area contributed by atoms with Crippen LogP contribution in [0.3, 0.4) is 0 Å². The molecule has 3 aromatic heterocycles. The van der Waals surface area contributed by atoms with Crippen LogP contribution < -0.4 is 4.90 Å². The van der Waals surface area contributed by atoms with Gasteiger partial charge >= 0.3 is 0 Å². The van der Waals surface area contributed by atoms with Crippen LogP contribution in [0, 0.1) is 0 Å². The first-order valence-corrected chi connectivity index (χ1v) is 11.9. The molecule has 0 unspecified atom stereocenters. The lowest BCUT2D eigenvalue weighted by atomic mass is 10.3. The smallest absolute Gasteiger partial charge is 0.252 e. The van der Waals surface area contributed by atoms with E-state index in [4.69, 9.17) is 0 Å². The first-order valence-electron chi connectivity index (χ1n) is 8.79. The van der Waals surface area contributed by atoms with Crippen molar-refractivity contribution in [1.29, 1.82) is 0 Å². The molecule has 9 heteroatoms. The van der Waals surface area contributed by atoms with Gasteiger partial charge in [-0.3, -0.25) is 0 Å². The molecule has 0 spiro atoms. The van der Waals surface area contributed by atoms with Gasteiger partial charge in [-0.15, -0.1) is 32.9 Å². The highest BCUT2D eigenvalue weighted by molar-refractivity contribution is 7.91. The summed E-state index contributed by atoms with van der Waals surface area (Å²) in [5.74, 6) is 0.789. The fourth-order valence-electron chi connectivity index (χ4n) is 3.02. The molecular weight excluding hydrogens is 400 g/mol. The standard InChI is InChI=1S/C18H20N4O2S3/c1-2-14-5-8-18(26-14)27(23,24)22-11-9-21(10-12-22)17-7-6-15(19-20-17)16-4-3-13-25-16/h3-8,13H,2,9-12H2,1H3. The number of piperazine rings is 1. The van der Waals surface area contributed by atoms with Gasteiger partial charge in [0.25, 0.3) is 10.0 Å². The van der Waals surface area contributed by atoms with Gasteiger partial charge < -0.3 is 4.90 Å². The average Bonchev–Trinajstić information content (AvgIpc) is 3.40. The molecule has 0 radical (unpaired) electrons. The summed E-state index contributed by atoms with van der Waals surface area (Å²) in [6, 6.07) is 11.6. The van der Waals surface area contributed by atoms with Crippen molar-refractivity contribution in [3.8, 4) is 10.6 Å². The number of sulfonamides is 1. The summed E-state index contributed by atoms with van der Waals surface area (Å²) in [5, 5.41) is 10.7. The van der Waals surface area contributed by atoms with Crippen molar-refractivity contribution in [1.82, 2.24) is 14.5 Å². The highest BCUT2D eigenvalue weighted by Gasteiger charge is 2.30. The van der Waals surface area contributed by atoms with Gasteiger partial charge in [-0.1, -0.05) is 13.0 Å². The molecule has 4 rings (SSSR count). The Kier molecular flexibility index (Phi) is 5.27. The molecule has 27 heavy (non-hydrogen) atoms. The molecule has 0 aliphatic carbocycles. The van der Waals surface area contributed by atoms with E-state index < -0.39 is 10.0 Å². The van der Waals surface area contributed by atoms with Crippen LogP contribution >= 0.6 is 22.7 Å². The minimum absolute atomic E-state index is 0.438. The van der Waals surface area contributed by atoms with E-state index in [1.807, 2.05) is 42.6 Å². The van der Waals surface area contributed by atoms with Crippen molar-refractivity contribution < 1.29 is 8.42 Å². The second kappa shape index (κ2) is 7.67. The lowest BCUT2D eigenvalue weighted by Gasteiger charge is -2.34. The molecule has 4 heterocycles. The Balaban J connectivity index is 1.42. The maximum absolute atomic E-state index is 12.8. The third kappa shape index (κ3) is 3.77. The monoisotopic (exact) mass is 420 g/mol. The van der Waals surface area contributed by atoms with Crippen LogP contribution in [0.15, 0.2) is 46.0 Å². The molecule has 1 aliphatic rings. The summed E-state index contributed by atoms with van der Waals surface area (Å²) in [7, 11) is -3.40. The molecule has 3 aromatic rings. The number of nitrogens with zero attached hydrogens (tertiary/aromatic N) is 4. The molecule has 0 aromatic carbocycles. The summed E-state index contributed by atoms with van der Waals surface area (Å²) in [6.07, 6.45) is 0.855. The normalized spacial score (nSPS) is 16.0. The first kappa shape index (κ1) is 18.5. The van der Waals surface area contributed by atoms with E-state index in [2.05, 4.69) is 15.1 Å². The van der Waals surface area contributed by atoms with Gasteiger partial charge in [-0.25, -0.2) is 8.42 Å². The Morgan fingerprint density at radius 3 is 2.44 bits per heavy atom. The third-order valence-electron chi connectivity index (χ3n) is 4.57. The molecule has 0 bridgehead atoms. The lowest BCUT2D eigenvalue weighted by molar-refractivity contribution is 0.384. The Morgan fingerprint density at radius 2 is 1.85 bits per heavy atom. The number of thiophene rings is 2. The largest absolute Gasteiger partial charge is 0.352 e. The van der Waals surface area contributed by atoms with E-state index in [1.54, 1.807) is 21.7 Å². The second-order valence-corrected chi connectivity index (χ2v) is 10.5. The molecule has 0 saturated carbocycles. The van der Waals surface area contributed by atoms with Crippen LogP contribution in [0.25, 0.3) is 10.6 Å². The fourth-order valence-corrected chi connectivity index (χ4v) is 6.58. The van der Waals surface area contributed by atoms with Crippen LogP contribution in [0.5, 0.6) is 0 Å². The Hall–Kier alpha value is -1.81. The fraction of sp³-hybridized carbons (Fsp3) is 0.333. The highest BCUT2D eigenvalue weighted by Crippen LogP contribution is 2.27. The van der Waals surface area contributed by atoms with Crippen LogP contribution in [-0.2, 0) is 16.4 Å². The van der Waals surface area contributed by atoms with Crippen LogP contribution in [-0.4, -0.2) is 49.1 Å². The third-order valence-corrected chi connectivity index (χ3v) is 9.05. The van der Waals surface area contributed by atoms with Gasteiger partial charge in [-0.2, -0.15) is 4.31 Å². The van der Waals surface area contributed by atoms with Gasteiger partial charge in [-0.05, 0) is 42.1 Å². The molecule has 6 nitrogen and oxygen atoms in total. The molecule has 1 saturated heterocycles. The van der Waals surface area contributed by atoms with Crippen LogP contribution in [0.2, 0.25) is 0 Å². The molecule has 142 valence electrons. The zero-order chi connectivity index (χ0) is 18.9. The zero-order valence-electron chi connectivity index (χ0n) is 14.9. The van der Waals surface area contributed by atoms with Crippen molar-refractivity contribution in [3.05, 3.63) is 46.7 Å². The van der Waals surface area contributed by atoms with E-state index in [9.17, 15) is 8.42 Å². The van der Waals surface area contributed by atoms with Gasteiger partial charge in [0.2, 0.25) is 0 Å². The van der Waals surface area contributed by atoms with E-state index in [1.165, 1.54) is 11.3 Å². The van der Waals surface area contributed by atoms with Gasteiger partial charge in [0, 0.05) is 31.1 Å². The van der Waals surface area contributed by atoms with Crippen molar-refractivity contribution in [2.75, 3.05) is 31.1 Å². The van der Waals surface area contributed by atoms with Gasteiger partial charge in [0.05, 0.1) is 4.88 Å². The minimum atomic E-state index is -3.40. The molecular formula is C18H20N4O2S3. The number of aryl methyl sites for hydroxylation is 1. The molecule has 0 N–H and O–H groups in total. The van der Waals surface area contributed by atoms with Gasteiger partial charge in [0.15, 0.2) is 5.82 Å². The molecule has 0 amide bonds. The lowest BCUT2D eigenvalue weighted by Crippen LogP contribution is -2.48. The molecule has 1 aliphatic heterocycles. The van der Waals surface area contributed by atoms with E-state index in [0.717, 1.165) is 27.7 Å². The number of hydrogen-bond acceptors (Lipinski definition) is 7. The van der Waals surface area contributed by atoms with Crippen molar-refractivity contribution in [2.45, 2.75) is 17.6 Å². The predicted octanol–water partition coefficient (Wildman–Crippen LogP) is 3.34. The molecule has 1 fully saturated rings. The summed E-state index contributed by atoms with van der Waals surface area (Å²) >= 11 is 3.00. The number of hydrogen-bond donors (Lipinski definition) is 0. The van der Waals surface area contributed by atoms with E-state index in [-0.39, 0.29) is 0 Å². The topological polar surface area (TPSA) is 66.4 Å². The summed E-state index contributed by atoms with van der Waals surface area (Å²) < 4.78 is 27.7. The highest BCUT2D eigenvalue weighted by atomic mass is 32.2. The van der Waals surface area contributed by atoms with Gasteiger partial charge in [0.1, 0.15) is 9.90 Å². The van der Waals surface area contributed by atoms with E-state index >= 15 is 0 Å². The number of aromatic nitrogens is 2. The summed E-state index contributed by atoms with van der Waals surface area (Å²) in [5.41, 5.74) is 0.861. The molecule has 0 atom stereocenters. The van der Waals surface area contributed by atoms with Crippen LogP contribution in [0.4, 0.5) is 5.82 Å².